The Kier molecular flexibility index (Phi) is 8.60. The molecule has 0 unspecified atom stereocenters. The minimum Gasteiger partial charge on any atom is -0.337 e. The molecule has 0 aliphatic heterocycles. The smallest absolute Gasteiger partial charge is 0.0547 e. The third-order valence-electron chi connectivity index (χ3n) is 11.9. The van der Waals surface area contributed by atoms with Crippen molar-refractivity contribution in [1.82, 2.24) is 4.57 Å². The molecule has 59 heavy (non-hydrogen) atoms. The van der Waals surface area contributed by atoms with E-state index in [9.17, 15) is 0 Å². The SMILES string of the molecule is c1ccc(-c2ccc(N(Cc3ccccc3-c3ccccc3)c3cccc(-n4c5ccccc5c5c6c(-c7ccc8ccccc8c7)cccc6ccc54)c3)cc2)cc1. The summed E-state index contributed by atoms with van der Waals surface area (Å²) in [5, 5.41) is 7.54. The lowest BCUT2D eigenvalue weighted by molar-refractivity contribution is 0.975. The van der Waals surface area contributed by atoms with Gasteiger partial charge in [0.05, 0.1) is 11.0 Å². The Morgan fingerprint density at radius 3 is 1.81 bits per heavy atom. The molecule has 0 radical (unpaired) electrons. The standard InChI is InChI=1S/C57H40N2/c1-3-15-40(16-4-1)42-31-34-48(35-32-42)58(39-47-21-9-10-25-51(47)43-18-5-2-6-19-43)49-23-14-24-50(38-49)59-54-28-12-11-26-53(54)57-55(59)36-33-44-22-13-27-52(56(44)57)46-30-29-41-17-7-8-20-45(41)37-46/h1-38H,39H2. The Bertz CT molecular complexity index is 3290. The molecule has 0 aliphatic carbocycles. The summed E-state index contributed by atoms with van der Waals surface area (Å²) in [6.45, 7) is 0.701. The Morgan fingerprint density at radius 1 is 0.339 bits per heavy atom. The molecule has 1 heterocycles. The van der Waals surface area contributed by atoms with E-state index in [-0.39, 0.29) is 0 Å². The fraction of sp³-hybridized carbons (Fsp3) is 0.0175. The van der Waals surface area contributed by atoms with Crippen LogP contribution in [0.25, 0.3) is 82.4 Å². The van der Waals surface area contributed by atoms with Gasteiger partial charge in [0.1, 0.15) is 0 Å². The number of anilines is 2. The number of fused-ring (bicyclic) bond motifs is 6. The maximum atomic E-state index is 2.46. The van der Waals surface area contributed by atoms with Crippen molar-refractivity contribution in [3.63, 3.8) is 0 Å². The van der Waals surface area contributed by atoms with Gasteiger partial charge in [-0.05, 0) is 109 Å². The van der Waals surface area contributed by atoms with Gasteiger partial charge in [-0.25, -0.2) is 0 Å². The third kappa shape index (κ3) is 6.23. The molecular formula is C57H40N2. The largest absolute Gasteiger partial charge is 0.337 e. The van der Waals surface area contributed by atoms with Crippen LogP contribution in [0.2, 0.25) is 0 Å². The lowest BCUT2D eigenvalue weighted by atomic mass is 9.93. The van der Waals surface area contributed by atoms with Gasteiger partial charge in [0.25, 0.3) is 0 Å². The van der Waals surface area contributed by atoms with Crippen molar-refractivity contribution in [2.45, 2.75) is 6.54 Å². The Labute approximate surface area is 344 Å². The number of para-hydroxylation sites is 1. The first-order valence-electron chi connectivity index (χ1n) is 20.4. The van der Waals surface area contributed by atoms with Gasteiger partial charge >= 0.3 is 0 Å². The van der Waals surface area contributed by atoms with Crippen LogP contribution in [0.1, 0.15) is 5.56 Å². The Hall–Kier alpha value is -7.68. The van der Waals surface area contributed by atoms with Crippen LogP contribution >= 0.6 is 0 Å². The molecule has 0 bridgehead atoms. The lowest BCUT2D eigenvalue weighted by Crippen LogP contribution is -2.17. The number of hydrogen-bond donors (Lipinski definition) is 0. The summed E-state index contributed by atoms with van der Waals surface area (Å²) in [7, 11) is 0. The van der Waals surface area contributed by atoms with E-state index in [1.807, 2.05) is 0 Å². The van der Waals surface area contributed by atoms with Crippen LogP contribution < -0.4 is 4.90 Å². The maximum Gasteiger partial charge on any atom is 0.0547 e. The predicted molar refractivity (Wildman–Crippen MR) is 251 cm³/mol. The van der Waals surface area contributed by atoms with Crippen LogP contribution in [0.4, 0.5) is 11.4 Å². The van der Waals surface area contributed by atoms with E-state index in [1.165, 1.54) is 82.3 Å². The summed E-state index contributed by atoms with van der Waals surface area (Å²) in [5.74, 6) is 0. The molecule has 10 aromatic carbocycles. The monoisotopic (exact) mass is 752 g/mol. The highest BCUT2D eigenvalue weighted by atomic mass is 15.1. The van der Waals surface area contributed by atoms with E-state index in [4.69, 9.17) is 0 Å². The summed E-state index contributed by atoms with van der Waals surface area (Å²) < 4.78 is 2.46. The average Bonchev–Trinajstić information content (AvgIpc) is 3.66. The highest BCUT2D eigenvalue weighted by molar-refractivity contribution is 6.25. The van der Waals surface area contributed by atoms with Crippen molar-refractivity contribution in [3.8, 4) is 39.1 Å². The molecule has 0 saturated carbocycles. The van der Waals surface area contributed by atoms with Gasteiger partial charge in [-0.15, -0.1) is 0 Å². The minimum atomic E-state index is 0.701. The topological polar surface area (TPSA) is 8.17 Å². The number of hydrogen-bond acceptors (Lipinski definition) is 1. The van der Waals surface area contributed by atoms with Gasteiger partial charge in [0.2, 0.25) is 0 Å². The zero-order valence-corrected chi connectivity index (χ0v) is 32.5. The molecule has 2 nitrogen and oxygen atoms in total. The van der Waals surface area contributed by atoms with E-state index in [0.29, 0.717) is 6.54 Å². The van der Waals surface area contributed by atoms with Crippen molar-refractivity contribution < 1.29 is 0 Å². The highest BCUT2D eigenvalue weighted by Crippen LogP contribution is 2.42. The van der Waals surface area contributed by atoms with Gasteiger partial charge in [-0.2, -0.15) is 0 Å². The Balaban J connectivity index is 1.09. The van der Waals surface area contributed by atoms with Crippen LogP contribution in [0.5, 0.6) is 0 Å². The summed E-state index contributed by atoms with van der Waals surface area (Å²) in [6, 6.07) is 84.0. The summed E-state index contributed by atoms with van der Waals surface area (Å²) in [6.07, 6.45) is 0. The molecule has 0 amide bonds. The van der Waals surface area contributed by atoms with E-state index < -0.39 is 0 Å². The van der Waals surface area contributed by atoms with Crippen LogP contribution in [-0.4, -0.2) is 4.57 Å². The fourth-order valence-electron chi connectivity index (χ4n) is 9.04. The normalized spacial score (nSPS) is 11.5. The second-order valence-electron chi connectivity index (χ2n) is 15.3. The zero-order chi connectivity index (χ0) is 39.1. The van der Waals surface area contributed by atoms with Crippen molar-refractivity contribution in [3.05, 3.63) is 236 Å². The average molecular weight is 753 g/mol. The summed E-state index contributed by atoms with van der Waals surface area (Å²) in [4.78, 5) is 2.46. The molecule has 0 aliphatic rings. The molecule has 1 aromatic heterocycles. The molecule has 278 valence electrons. The molecular weight excluding hydrogens is 713 g/mol. The summed E-state index contributed by atoms with van der Waals surface area (Å²) in [5.41, 5.74) is 14.4. The number of aromatic nitrogens is 1. The number of benzene rings is 10. The van der Waals surface area contributed by atoms with Gasteiger partial charge in [0, 0.05) is 34.4 Å². The molecule has 0 fully saturated rings. The first-order chi connectivity index (χ1) is 29.3. The first kappa shape index (κ1) is 34.6. The van der Waals surface area contributed by atoms with Crippen molar-refractivity contribution >= 4 is 54.7 Å². The maximum absolute atomic E-state index is 2.46. The van der Waals surface area contributed by atoms with E-state index in [0.717, 1.165) is 17.1 Å². The number of rotatable bonds is 8. The van der Waals surface area contributed by atoms with E-state index in [2.05, 4.69) is 240 Å². The zero-order valence-electron chi connectivity index (χ0n) is 32.5. The van der Waals surface area contributed by atoms with Crippen molar-refractivity contribution in [2.24, 2.45) is 0 Å². The second kappa shape index (κ2) is 14.7. The van der Waals surface area contributed by atoms with Gasteiger partial charge in [-0.3, -0.25) is 0 Å². The van der Waals surface area contributed by atoms with Gasteiger partial charge in [0.15, 0.2) is 0 Å². The highest BCUT2D eigenvalue weighted by Gasteiger charge is 2.20. The van der Waals surface area contributed by atoms with Crippen LogP contribution in [0, 0.1) is 0 Å². The quantitative estimate of drug-likeness (QED) is 0.150. The van der Waals surface area contributed by atoms with Crippen LogP contribution in [0.3, 0.4) is 0 Å². The van der Waals surface area contributed by atoms with Crippen molar-refractivity contribution in [2.75, 3.05) is 4.90 Å². The lowest BCUT2D eigenvalue weighted by Gasteiger charge is -2.27. The van der Waals surface area contributed by atoms with Gasteiger partial charge in [-0.1, -0.05) is 182 Å². The third-order valence-corrected chi connectivity index (χ3v) is 11.9. The first-order valence-corrected chi connectivity index (χ1v) is 20.4. The molecule has 0 N–H and O–H groups in total. The van der Waals surface area contributed by atoms with Crippen LogP contribution in [-0.2, 0) is 6.54 Å². The van der Waals surface area contributed by atoms with E-state index in [1.54, 1.807) is 0 Å². The summed E-state index contributed by atoms with van der Waals surface area (Å²) >= 11 is 0. The molecule has 11 rings (SSSR count). The molecule has 2 heteroatoms. The fourth-order valence-corrected chi connectivity index (χ4v) is 9.04. The second-order valence-corrected chi connectivity index (χ2v) is 15.3. The molecule has 0 atom stereocenters. The van der Waals surface area contributed by atoms with Crippen LogP contribution in [0.15, 0.2) is 231 Å². The Morgan fingerprint density at radius 2 is 0.966 bits per heavy atom. The number of nitrogens with zero attached hydrogens (tertiary/aromatic N) is 2. The minimum absolute atomic E-state index is 0.701. The van der Waals surface area contributed by atoms with E-state index >= 15 is 0 Å². The molecule has 11 aromatic rings. The van der Waals surface area contributed by atoms with Crippen molar-refractivity contribution in [1.29, 1.82) is 0 Å². The molecule has 0 saturated heterocycles. The predicted octanol–water partition coefficient (Wildman–Crippen LogP) is 15.4. The molecule has 0 spiro atoms. The van der Waals surface area contributed by atoms with Gasteiger partial charge < -0.3 is 9.47 Å².